The summed E-state index contributed by atoms with van der Waals surface area (Å²) in [6.07, 6.45) is 7.95. The molecule has 0 aliphatic heterocycles. The van der Waals surface area contributed by atoms with E-state index in [4.69, 9.17) is 5.73 Å². The van der Waals surface area contributed by atoms with Crippen molar-refractivity contribution < 1.29 is 4.79 Å². The standard InChI is InChI=1S/C11H16N4O/c1-7(9-5-13-14-6-9)15-11(16)8-2-3-10(12)4-8/h2-3,5-8,10H,4,12H2,1H3,(H,13,14)(H,15,16). The number of aromatic nitrogens is 2. The molecule has 16 heavy (non-hydrogen) atoms. The number of amides is 1. The van der Waals surface area contributed by atoms with Crippen molar-refractivity contribution in [3.8, 4) is 0 Å². The lowest BCUT2D eigenvalue weighted by atomic mass is 10.1. The summed E-state index contributed by atoms with van der Waals surface area (Å²) in [7, 11) is 0. The number of aromatic amines is 1. The van der Waals surface area contributed by atoms with Crippen LogP contribution in [0.25, 0.3) is 0 Å². The number of nitrogens with two attached hydrogens (primary N) is 1. The third kappa shape index (κ3) is 2.30. The van der Waals surface area contributed by atoms with Crippen molar-refractivity contribution in [2.45, 2.75) is 25.4 Å². The monoisotopic (exact) mass is 220 g/mol. The van der Waals surface area contributed by atoms with Crippen LogP contribution in [0.1, 0.15) is 24.9 Å². The van der Waals surface area contributed by atoms with E-state index in [1.807, 2.05) is 19.1 Å². The second-order valence-electron chi connectivity index (χ2n) is 4.15. The van der Waals surface area contributed by atoms with Crippen LogP contribution in [0.3, 0.4) is 0 Å². The molecule has 86 valence electrons. The van der Waals surface area contributed by atoms with E-state index in [2.05, 4.69) is 15.5 Å². The van der Waals surface area contributed by atoms with Gasteiger partial charge in [-0.15, -0.1) is 0 Å². The van der Waals surface area contributed by atoms with Crippen LogP contribution in [0.2, 0.25) is 0 Å². The lowest BCUT2D eigenvalue weighted by Crippen LogP contribution is -2.32. The molecule has 5 nitrogen and oxygen atoms in total. The van der Waals surface area contributed by atoms with Crippen LogP contribution in [0.4, 0.5) is 0 Å². The van der Waals surface area contributed by atoms with Crippen LogP contribution < -0.4 is 11.1 Å². The van der Waals surface area contributed by atoms with Gasteiger partial charge in [-0.3, -0.25) is 9.89 Å². The molecule has 1 aromatic rings. The minimum atomic E-state index is -0.0932. The minimum Gasteiger partial charge on any atom is -0.349 e. The third-order valence-corrected chi connectivity index (χ3v) is 2.83. The van der Waals surface area contributed by atoms with Gasteiger partial charge in [-0.05, 0) is 13.3 Å². The zero-order chi connectivity index (χ0) is 11.5. The predicted molar refractivity (Wildman–Crippen MR) is 60.4 cm³/mol. The molecule has 0 spiro atoms. The maximum Gasteiger partial charge on any atom is 0.227 e. The van der Waals surface area contributed by atoms with Crippen molar-refractivity contribution in [2.24, 2.45) is 11.7 Å². The highest BCUT2D eigenvalue weighted by Crippen LogP contribution is 2.18. The van der Waals surface area contributed by atoms with Crippen LogP contribution in [-0.2, 0) is 4.79 Å². The Kier molecular flexibility index (Phi) is 3.05. The van der Waals surface area contributed by atoms with E-state index in [1.165, 1.54) is 0 Å². The second kappa shape index (κ2) is 4.49. The van der Waals surface area contributed by atoms with Crippen molar-refractivity contribution in [3.63, 3.8) is 0 Å². The van der Waals surface area contributed by atoms with E-state index in [0.717, 1.165) is 5.56 Å². The van der Waals surface area contributed by atoms with E-state index in [-0.39, 0.29) is 23.9 Å². The Morgan fingerprint density at radius 1 is 1.69 bits per heavy atom. The molecule has 3 atom stereocenters. The molecule has 0 aromatic carbocycles. The molecule has 0 fully saturated rings. The van der Waals surface area contributed by atoms with Crippen molar-refractivity contribution in [1.82, 2.24) is 15.5 Å². The van der Waals surface area contributed by atoms with Crippen LogP contribution in [0.15, 0.2) is 24.5 Å². The van der Waals surface area contributed by atoms with Gasteiger partial charge in [-0.1, -0.05) is 12.2 Å². The van der Waals surface area contributed by atoms with Gasteiger partial charge in [-0.2, -0.15) is 5.10 Å². The molecule has 1 aliphatic carbocycles. The maximum absolute atomic E-state index is 11.8. The molecular weight excluding hydrogens is 204 g/mol. The smallest absolute Gasteiger partial charge is 0.227 e. The average molecular weight is 220 g/mol. The number of H-pyrrole nitrogens is 1. The SMILES string of the molecule is CC(NC(=O)C1C=CC(N)C1)c1cn[nH]c1. The Bertz CT molecular complexity index is 385. The number of carbonyl (C=O) groups excluding carboxylic acids is 1. The van der Waals surface area contributed by atoms with Gasteiger partial charge in [-0.25, -0.2) is 0 Å². The number of nitrogens with one attached hydrogen (secondary N) is 2. The largest absolute Gasteiger partial charge is 0.349 e. The number of carbonyl (C=O) groups is 1. The van der Waals surface area contributed by atoms with E-state index < -0.39 is 0 Å². The molecule has 0 bridgehead atoms. The number of hydrogen-bond donors (Lipinski definition) is 3. The lowest BCUT2D eigenvalue weighted by molar-refractivity contribution is -0.124. The van der Waals surface area contributed by atoms with Crippen molar-refractivity contribution in [1.29, 1.82) is 0 Å². The van der Waals surface area contributed by atoms with Crippen LogP contribution in [0, 0.1) is 5.92 Å². The predicted octanol–water partition coefficient (Wildman–Crippen LogP) is 0.490. The highest BCUT2D eigenvalue weighted by molar-refractivity contribution is 5.81. The third-order valence-electron chi connectivity index (χ3n) is 2.83. The fourth-order valence-corrected chi connectivity index (χ4v) is 1.82. The van der Waals surface area contributed by atoms with Gasteiger partial charge in [0.2, 0.25) is 5.91 Å². The molecule has 1 aromatic heterocycles. The highest BCUT2D eigenvalue weighted by atomic mass is 16.1. The van der Waals surface area contributed by atoms with Gasteiger partial charge in [0.15, 0.2) is 0 Å². The Morgan fingerprint density at radius 2 is 2.50 bits per heavy atom. The van der Waals surface area contributed by atoms with Gasteiger partial charge in [0.25, 0.3) is 0 Å². The van der Waals surface area contributed by atoms with Crippen molar-refractivity contribution in [2.75, 3.05) is 0 Å². The Labute approximate surface area is 94.1 Å². The Hall–Kier alpha value is -1.62. The quantitative estimate of drug-likeness (QED) is 0.648. The van der Waals surface area contributed by atoms with E-state index in [0.29, 0.717) is 6.42 Å². The summed E-state index contributed by atoms with van der Waals surface area (Å²) < 4.78 is 0. The Morgan fingerprint density at radius 3 is 3.06 bits per heavy atom. The molecule has 1 aliphatic rings. The van der Waals surface area contributed by atoms with E-state index in [9.17, 15) is 4.79 Å². The molecule has 1 heterocycles. The van der Waals surface area contributed by atoms with Gasteiger partial charge < -0.3 is 11.1 Å². The summed E-state index contributed by atoms with van der Waals surface area (Å²) in [5.41, 5.74) is 6.68. The number of hydrogen-bond acceptors (Lipinski definition) is 3. The molecular formula is C11H16N4O. The molecule has 1 amide bonds. The number of rotatable bonds is 3. The number of nitrogens with zero attached hydrogens (tertiary/aromatic N) is 1. The topological polar surface area (TPSA) is 83.8 Å². The van der Waals surface area contributed by atoms with Gasteiger partial charge in [0.05, 0.1) is 18.2 Å². The Balaban J connectivity index is 1.90. The molecule has 5 heteroatoms. The minimum absolute atomic E-state index is 0.0139. The molecule has 0 radical (unpaired) electrons. The normalized spacial score (nSPS) is 25.6. The first kappa shape index (κ1) is 10.9. The summed E-state index contributed by atoms with van der Waals surface area (Å²) in [6.45, 7) is 1.93. The zero-order valence-electron chi connectivity index (χ0n) is 9.18. The summed E-state index contributed by atoms with van der Waals surface area (Å²) in [5.74, 6) is -0.0674. The van der Waals surface area contributed by atoms with Gasteiger partial charge in [0, 0.05) is 17.8 Å². The fraction of sp³-hybridized carbons (Fsp3) is 0.455. The molecule has 4 N–H and O–H groups in total. The summed E-state index contributed by atoms with van der Waals surface area (Å²) in [5, 5.41) is 9.51. The van der Waals surface area contributed by atoms with Crippen LogP contribution in [0.5, 0.6) is 0 Å². The molecule has 2 rings (SSSR count). The van der Waals surface area contributed by atoms with Gasteiger partial charge in [0.1, 0.15) is 0 Å². The highest BCUT2D eigenvalue weighted by Gasteiger charge is 2.23. The van der Waals surface area contributed by atoms with Gasteiger partial charge >= 0.3 is 0 Å². The van der Waals surface area contributed by atoms with Crippen molar-refractivity contribution >= 4 is 5.91 Å². The first-order valence-electron chi connectivity index (χ1n) is 5.40. The lowest BCUT2D eigenvalue weighted by Gasteiger charge is -2.15. The molecule has 3 unspecified atom stereocenters. The first-order valence-corrected chi connectivity index (χ1v) is 5.40. The molecule has 0 saturated heterocycles. The van der Waals surface area contributed by atoms with Crippen LogP contribution in [-0.4, -0.2) is 22.1 Å². The second-order valence-corrected chi connectivity index (χ2v) is 4.15. The maximum atomic E-state index is 11.8. The average Bonchev–Trinajstić information content (AvgIpc) is 2.87. The zero-order valence-corrected chi connectivity index (χ0v) is 9.18. The molecule has 0 saturated carbocycles. The van der Waals surface area contributed by atoms with E-state index in [1.54, 1.807) is 12.4 Å². The van der Waals surface area contributed by atoms with E-state index >= 15 is 0 Å². The van der Waals surface area contributed by atoms with Crippen LogP contribution >= 0.6 is 0 Å². The summed E-state index contributed by atoms with van der Waals surface area (Å²) in [4.78, 5) is 11.8. The summed E-state index contributed by atoms with van der Waals surface area (Å²) in [6, 6.07) is -0.0172. The first-order chi connectivity index (χ1) is 7.66. The summed E-state index contributed by atoms with van der Waals surface area (Å²) >= 11 is 0. The van der Waals surface area contributed by atoms with Crippen molar-refractivity contribution in [3.05, 3.63) is 30.1 Å². The fourth-order valence-electron chi connectivity index (χ4n) is 1.82.